The maximum atomic E-state index is 13.7. The van der Waals surface area contributed by atoms with Crippen LogP contribution in [0.25, 0.3) is 0 Å². The average Bonchev–Trinajstić information content (AvgIpc) is 3.35. The van der Waals surface area contributed by atoms with Gasteiger partial charge in [-0.2, -0.15) is 0 Å². The summed E-state index contributed by atoms with van der Waals surface area (Å²) in [6.45, 7) is 0.340. The van der Waals surface area contributed by atoms with Gasteiger partial charge in [-0.1, -0.05) is 18.2 Å². The van der Waals surface area contributed by atoms with Gasteiger partial charge in [-0.3, -0.25) is 4.79 Å². The molecule has 0 heterocycles. The van der Waals surface area contributed by atoms with Crippen LogP contribution in [0.1, 0.15) is 23.5 Å². The topological polar surface area (TPSA) is 29.5 Å². The number of rotatable bonds is 5. The van der Waals surface area contributed by atoms with Gasteiger partial charge in [-0.15, -0.1) is 0 Å². The smallest absolute Gasteiger partial charge is 0.226 e. The van der Waals surface area contributed by atoms with Crippen LogP contribution in [-0.4, -0.2) is 25.0 Å². The summed E-state index contributed by atoms with van der Waals surface area (Å²) in [6.07, 6.45) is 0.770. The van der Waals surface area contributed by atoms with E-state index in [0.717, 1.165) is 12.0 Å². The van der Waals surface area contributed by atoms with E-state index in [-0.39, 0.29) is 29.3 Å². The molecule has 1 aliphatic carbocycles. The molecule has 5 heteroatoms. The fraction of sp³-hybridized carbons (Fsp3) is 0.316. The molecule has 0 bridgehead atoms. The highest BCUT2D eigenvalue weighted by atomic mass is 19.1. The summed E-state index contributed by atoms with van der Waals surface area (Å²) in [6, 6.07) is 11.0. The summed E-state index contributed by atoms with van der Waals surface area (Å²) in [7, 11) is 3.13. The quantitative estimate of drug-likeness (QED) is 0.835. The van der Waals surface area contributed by atoms with E-state index >= 15 is 0 Å². The Bertz CT molecular complexity index is 746. The highest BCUT2D eigenvalue weighted by Crippen LogP contribution is 2.48. The van der Waals surface area contributed by atoms with Crippen molar-refractivity contribution in [2.45, 2.75) is 18.9 Å². The second-order valence-electron chi connectivity index (χ2n) is 6.16. The predicted molar refractivity (Wildman–Crippen MR) is 86.7 cm³/mol. The Balaban J connectivity index is 1.61. The third-order valence-corrected chi connectivity index (χ3v) is 4.42. The SMILES string of the molecule is COc1ccc(CN(C)C(=O)C2CC2c2ccc(F)cc2)cc1F. The predicted octanol–water partition coefficient (Wildman–Crippen LogP) is 3.74. The first-order chi connectivity index (χ1) is 11.5. The largest absolute Gasteiger partial charge is 0.494 e. The lowest BCUT2D eigenvalue weighted by molar-refractivity contribution is -0.131. The molecule has 126 valence electrons. The Labute approximate surface area is 139 Å². The maximum Gasteiger partial charge on any atom is 0.226 e. The minimum absolute atomic E-state index is 0.0283. The van der Waals surface area contributed by atoms with Crippen LogP contribution in [0.2, 0.25) is 0 Å². The molecule has 1 saturated carbocycles. The highest BCUT2D eigenvalue weighted by molar-refractivity contribution is 5.82. The third-order valence-electron chi connectivity index (χ3n) is 4.42. The van der Waals surface area contributed by atoms with E-state index in [2.05, 4.69) is 0 Å². The fourth-order valence-corrected chi connectivity index (χ4v) is 2.99. The van der Waals surface area contributed by atoms with Gasteiger partial charge in [-0.25, -0.2) is 8.78 Å². The molecule has 3 rings (SSSR count). The number of halogens is 2. The van der Waals surface area contributed by atoms with Gasteiger partial charge in [0, 0.05) is 19.5 Å². The second kappa shape index (κ2) is 6.59. The maximum absolute atomic E-state index is 13.7. The zero-order valence-electron chi connectivity index (χ0n) is 13.6. The Morgan fingerprint density at radius 3 is 2.54 bits per heavy atom. The van der Waals surface area contributed by atoms with Crippen molar-refractivity contribution >= 4 is 5.91 Å². The summed E-state index contributed by atoms with van der Waals surface area (Å²) in [4.78, 5) is 14.1. The van der Waals surface area contributed by atoms with E-state index in [9.17, 15) is 13.6 Å². The van der Waals surface area contributed by atoms with Gasteiger partial charge >= 0.3 is 0 Å². The fourth-order valence-electron chi connectivity index (χ4n) is 2.99. The van der Waals surface area contributed by atoms with Crippen molar-refractivity contribution in [3.8, 4) is 5.75 Å². The van der Waals surface area contributed by atoms with Crippen LogP contribution in [0.4, 0.5) is 8.78 Å². The van der Waals surface area contributed by atoms with Gasteiger partial charge in [-0.05, 0) is 47.7 Å². The molecular weight excluding hydrogens is 312 g/mol. The van der Waals surface area contributed by atoms with Crippen LogP contribution in [0.5, 0.6) is 5.75 Å². The molecule has 1 fully saturated rings. The molecule has 0 aliphatic heterocycles. The molecule has 24 heavy (non-hydrogen) atoms. The number of methoxy groups -OCH3 is 1. The van der Waals surface area contributed by atoms with Crippen LogP contribution in [0, 0.1) is 17.6 Å². The average molecular weight is 331 g/mol. The number of benzene rings is 2. The number of amides is 1. The number of nitrogens with zero attached hydrogens (tertiary/aromatic N) is 1. The van der Waals surface area contributed by atoms with E-state index < -0.39 is 5.82 Å². The molecule has 0 radical (unpaired) electrons. The minimum Gasteiger partial charge on any atom is -0.494 e. The zero-order chi connectivity index (χ0) is 17.3. The van der Waals surface area contributed by atoms with Crippen molar-refractivity contribution < 1.29 is 18.3 Å². The third kappa shape index (κ3) is 3.40. The lowest BCUT2D eigenvalue weighted by Gasteiger charge is -2.18. The summed E-state index contributed by atoms with van der Waals surface area (Å²) < 4.78 is 31.6. The molecule has 0 N–H and O–H groups in total. The van der Waals surface area contributed by atoms with Gasteiger partial charge in [0.2, 0.25) is 5.91 Å². The van der Waals surface area contributed by atoms with Crippen LogP contribution in [0.15, 0.2) is 42.5 Å². The van der Waals surface area contributed by atoms with Crippen molar-refractivity contribution in [1.82, 2.24) is 4.90 Å². The summed E-state index contributed by atoms with van der Waals surface area (Å²) in [5.74, 6) is -0.434. The first-order valence-corrected chi connectivity index (χ1v) is 7.82. The van der Waals surface area contributed by atoms with Crippen LogP contribution >= 0.6 is 0 Å². The van der Waals surface area contributed by atoms with Crippen LogP contribution < -0.4 is 4.74 Å². The Morgan fingerprint density at radius 1 is 1.21 bits per heavy atom. The molecule has 2 unspecified atom stereocenters. The van der Waals surface area contributed by atoms with E-state index in [1.54, 1.807) is 36.2 Å². The number of hydrogen-bond donors (Lipinski definition) is 0. The van der Waals surface area contributed by atoms with E-state index in [1.165, 1.54) is 25.3 Å². The molecule has 3 nitrogen and oxygen atoms in total. The monoisotopic (exact) mass is 331 g/mol. The Kier molecular flexibility index (Phi) is 4.51. The standard InChI is InChI=1S/C19H19F2NO2/c1-22(11-12-3-8-18(24-2)17(21)9-12)19(23)16-10-15(16)13-4-6-14(20)7-5-13/h3-9,15-16H,10-11H2,1-2H3. The Morgan fingerprint density at radius 2 is 1.92 bits per heavy atom. The lowest BCUT2D eigenvalue weighted by atomic mass is 10.1. The van der Waals surface area contributed by atoms with Gasteiger partial charge in [0.15, 0.2) is 11.6 Å². The van der Waals surface area contributed by atoms with Crippen molar-refractivity contribution in [2.24, 2.45) is 5.92 Å². The van der Waals surface area contributed by atoms with Gasteiger partial charge in [0.25, 0.3) is 0 Å². The molecule has 1 amide bonds. The van der Waals surface area contributed by atoms with E-state index in [1.807, 2.05) is 0 Å². The zero-order valence-corrected chi connectivity index (χ0v) is 13.6. The van der Waals surface area contributed by atoms with E-state index in [0.29, 0.717) is 12.1 Å². The molecule has 2 aromatic carbocycles. The van der Waals surface area contributed by atoms with E-state index in [4.69, 9.17) is 4.74 Å². The number of carbonyl (C=O) groups is 1. The minimum atomic E-state index is -0.438. The van der Waals surface area contributed by atoms with Gasteiger partial charge in [0.1, 0.15) is 5.82 Å². The number of hydrogen-bond acceptors (Lipinski definition) is 2. The second-order valence-corrected chi connectivity index (χ2v) is 6.16. The first-order valence-electron chi connectivity index (χ1n) is 7.82. The van der Waals surface area contributed by atoms with Crippen LogP contribution in [-0.2, 0) is 11.3 Å². The molecule has 0 aromatic heterocycles. The van der Waals surface area contributed by atoms with Gasteiger partial charge < -0.3 is 9.64 Å². The summed E-state index contributed by atoms with van der Waals surface area (Å²) in [5, 5.41) is 0. The summed E-state index contributed by atoms with van der Waals surface area (Å²) in [5.41, 5.74) is 1.70. The molecule has 0 spiro atoms. The van der Waals surface area contributed by atoms with Crippen molar-refractivity contribution in [3.63, 3.8) is 0 Å². The van der Waals surface area contributed by atoms with Crippen molar-refractivity contribution in [2.75, 3.05) is 14.2 Å². The van der Waals surface area contributed by atoms with Crippen LogP contribution in [0.3, 0.4) is 0 Å². The highest BCUT2D eigenvalue weighted by Gasteiger charge is 2.45. The summed E-state index contributed by atoms with van der Waals surface area (Å²) >= 11 is 0. The molecule has 2 aromatic rings. The normalized spacial score (nSPS) is 19.0. The lowest BCUT2D eigenvalue weighted by Crippen LogP contribution is -2.28. The van der Waals surface area contributed by atoms with Crippen molar-refractivity contribution in [1.29, 1.82) is 0 Å². The first kappa shape index (κ1) is 16.4. The number of carbonyl (C=O) groups excluding carboxylic acids is 1. The molecule has 2 atom stereocenters. The van der Waals surface area contributed by atoms with Gasteiger partial charge in [0.05, 0.1) is 7.11 Å². The molecular formula is C19H19F2NO2. The Hall–Kier alpha value is -2.43. The molecule has 1 aliphatic rings. The molecule has 0 saturated heterocycles. The number of ether oxygens (including phenoxy) is 1. The van der Waals surface area contributed by atoms with Crippen molar-refractivity contribution in [3.05, 3.63) is 65.2 Å².